The van der Waals surface area contributed by atoms with Crippen LogP contribution in [0.1, 0.15) is 33.4 Å². The van der Waals surface area contributed by atoms with Crippen LogP contribution in [-0.2, 0) is 12.4 Å². The number of hydrogen-bond donors (Lipinski definition) is 0. The zero-order chi connectivity index (χ0) is 37.3. The van der Waals surface area contributed by atoms with Gasteiger partial charge >= 0.3 is 12.4 Å². The minimum absolute atomic E-state index is 0.105. The summed E-state index contributed by atoms with van der Waals surface area (Å²) in [4.78, 5) is 0. The van der Waals surface area contributed by atoms with Crippen molar-refractivity contribution in [2.75, 3.05) is 0 Å². The maximum atomic E-state index is 14.4. The van der Waals surface area contributed by atoms with Gasteiger partial charge < -0.3 is 0 Å². The lowest BCUT2D eigenvalue weighted by atomic mass is 9.92. The van der Waals surface area contributed by atoms with Crippen molar-refractivity contribution in [1.29, 1.82) is 21.0 Å². The van der Waals surface area contributed by atoms with Gasteiger partial charge in [-0.2, -0.15) is 47.4 Å². The van der Waals surface area contributed by atoms with Gasteiger partial charge in [-0.3, -0.25) is 0 Å². The van der Waals surface area contributed by atoms with E-state index >= 15 is 0 Å². The Labute approximate surface area is 289 Å². The van der Waals surface area contributed by atoms with Crippen LogP contribution in [0.3, 0.4) is 0 Å². The van der Waals surface area contributed by atoms with E-state index in [1.165, 1.54) is 24.3 Å². The summed E-state index contributed by atoms with van der Waals surface area (Å²) < 4.78 is 110. The van der Waals surface area contributed by atoms with Gasteiger partial charge in [0.2, 0.25) is 0 Å². The van der Waals surface area contributed by atoms with Crippen molar-refractivity contribution in [2.24, 2.45) is 0 Å². The molecule has 250 valence electrons. The molecular weight excluding hydrogens is 688 g/mol. The summed E-state index contributed by atoms with van der Waals surface area (Å²) in [6.45, 7) is 0. The van der Waals surface area contributed by atoms with Crippen molar-refractivity contribution in [3.8, 4) is 68.8 Å². The molecule has 0 radical (unpaired) electrons. The number of benzene rings is 5. The number of hydrogen-bond acceptors (Lipinski definition) is 4. The maximum Gasteiger partial charge on any atom is 0.416 e. The smallest absolute Gasteiger partial charge is 0.207 e. The van der Waals surface area contributed by atoms with E-state index in [9.17, 15) is 56.2 Å². The number of halogens is 8. The predicted octanol–water partition coefficient (Wildman–Crippen LogP) is 11.0. The molecule has 0 aliphatic heterocycles. The molecule has 0 amide bonds. The average Bonchev–Trinajstić information content (AvgIpc) is 3.58. The molecule has 0 heterocycles. The lowest BCUT2D eigenvalue weighted by Gasteiger charge is -2.11. The minimum Gasteiger partial charge on any atom is -0.207 e. The molecule has 0 fully saturated rings. The minimum atomic E-state index is -4.83. The average molecular weight is 703 g/mol. The molecule has 0 spiro atoms. The third-order valence-corrected chi connectivity index (χ3v) is 8.92. The first-order chi connectivity index (χ1) is 24.7. The van der Waals surface area contributed by atoms with E-state index in [1.807, 2.05) is 24.3 Å². The molecule has 7 rings (SSSR count). The van der Waals surface area contributed by atoms with Crippen LogP contribution < -0.4 is 0 Å². The van der Waals surface area contributed by atoms with Gasteiger partial charge in [0.05, 0.1) is 11.1 Å². The second kappa shape index (κ2) is 11.8. The fraction of sp³-hybridized carbons (Fsp3) is 0.0500. The standard InChI is InChI=1S/C40H14F8N4/c41-27-7-21(5-25(11-27)39(43,44)45)19-1-3-29-31-13-32-30-4-2-20(22-6-26(40(46,47)48)12-28(42)8-22)10-34(30)38(24(17-51)18-52)36(32)14-35(31)37(33(29)9-19)23(15-49)16-50/h1-14H. The first-order valence-electron chi connectivity index (χ1n) is 15.0. The largest absolute Gasteiger partial charge is 0.416 e. The van der Waals surface area contributed by atoms with Crippen molar-refractivity contribution >= 4 is 11.1 Å². The van der Waals surface area contributed by atoms with Crippen LogP contribution in [0.15, 0.2) is 96.1 Å². The third kappa shape index (κ3) is 5.35. The normalized spacial score (nSPS) is 12.5. The monoisotopic (exact) mass is 702 g/mol. The van der Waals surface area contributed by atoms with E-state index in [-0.39, 0.29) is 44.5 Å². The van der Waals surface area contributed by atoms with Gasteiger partial charge in [-0.1, -0.05) is 24.3 Å². The Bertz CT molecular complexity index is 2460. The first-order valence-corrected chi connectivity index (χ1v) is 15.0. The lowest BCUT2D eigenvalue weighted by molar-refractivity contribution is -0.138. The molecule has 0 bridgehead atoms. The fourth-order valence-electron chi connectivity index (χ4n) is 6.73. The highest BCUT2D eigenvalue weighted by atomic mass is 19.4. The summed E-state index contributed by atoms with van der Waals surface area (Å²) >= 11 is 0. The quantitative estimate of drug-likeness (QED) is 0.132. The summed E-state index contributed by atoms with van der Waals surface area (Å²) in [7, 11) is 0. The molecule has 52 heavy (non-hydrogen) atoms. The lowest BCUT2D eigenvalue weighted by Crippen LogP contribution is -2.05. The Hall–Kier alpha value is -7.02. The molecular formula is C40H14F8N4. The number of fused-ring (bicyclic) bond motifs is 6. The summed E-state index contributed by atoms with van der Waals surface area (Å²) in [5.74, 6) is -2.25. The summed E-state index contributed by atoms with van der Waals surface area (Å²) in [5.41, 5.74) is 0.347. The van der Waals surface area contributed by atoms with Crippen molar-refractivity contribution < 1.29 is 35.1 Å². The first kappa shape index (κ1) is 33.5. The Morgan fingerprint density at radius 2 is 0.731 bits per heavy atom. The van der Waals surface area contributed by atoms with Crippen LogP contribution in [0.25, 0.3) is 55.7 Å². The number of alkyl halides is 6. The van der Waals surface area contributed by atoms with E-state index in [0.717, 1.165) is 24.3 Å². The van der Waals surface area contributed by atoms with E-state index < -0.39 is 35.1 Å². The number of rotatable bonds is 2. The van der Waals surface area contributed by atoms with Crippen LogP contribution in [0.4, 0.5) is 35.1 Å². The Morgan fingerprint density at radius 1 is 0.385 bits per heavy atom. The predicted molar refractivity (Wildman–Crippen MR) is 173 cm³/mol. The molecule has 4 nitrogen and oxygen atoms in total. The molecule has 2 aliphatic carbocycles. The Balaban J connectivity index is 1.46. The van der Waals surface area contributed by atoms with Crippen molar-refractivity contribution in [3.05, 3.63) is 141 Å². The maximum absolute atomic E-state index is 14.4. The Morgan fingerprint density at radius 3 is 1.08 bits per heavy atom. The van der Waals surface area contributed by atoms with Crippen LogP contribution in [0.5, 0.6) is 0 Å². The fourth-order valence-corrected chi connectivity index (χ4v) is 6.73. The molecule has 5 aromatic rings. The summed E-state index contributed by atoms with van der Waals surface area (Å²) in [5, 5.41) is 39.9. The van der Waals surface area contributed by atoms with Crippen LogP contribution in [0, 0.1) is 57.0 Å². The molecule has 0 aromatic heterocycles. The van der Waals surface area contributed by atoms with Gasteiger partial charge in [0, 0.05) is 11.1 Å². The second-order valence-corrected chi connectivity index (χ2v) is 11.9. The van der Waals surface area contributed by atoms with E-state index in [4.69, 9.17) is 0 Å². The third-order valence-electron chi connectivity index (χ3n) is 8.92. The molecule has 0 saturated heterocycles. The molecule has 2 aliphatic rings. The van der Waals surface area contributed by atoms with E-state index in [2.05, 4.69) is 0 Å². The van der Waals surface area contributed by atoms with Gasteiger partial charge in [-0.05, 0) is 127 Å². The van der Waals surface area contributed by atoms with Crippen molar-refractivity contribution in [1.82, 2.24) is 0 Å². The zero-order valence-electron chi connectivity index (χ0n) is 25.9. The van der Waals surface area contributed by atoms with Gasteiger partial charge in [0.25, 0.3) is 0 Å². The van der Waals surface area contributed by atoms with Crippen LogP contribution in [-0.4, -0.2) is 0 Å². The highest BCUT2D eigenvalue weighted by Gasteiger charge is 2.36. The van der Waals surface area contributed by atoms with Gasteiger partial charge in [-0.25, -0.2) is 8.78 Å². The number of allylic oxidation sites excluding steroid dienone is 2. The van der Waals surface area contributed by atoms with Crippen LogP contribution >= 0.6 is 0 Å². The van der Waals surface area contributed by atoms with E-state index in [1.54, 1.807) is 24.3 Å². The van der Waals surface area contributed by atoms with Gasteiger partial charge in [0.15, 0.2) is 0 Å². The molecule has 0 N–H and O–H groups in total. The van der Waals surface area contributed by atoms with E-state index in [0.29, 0.717) is 56.6 Å². The highest BCUT2D eigenvalue weighted by Crippen LogP contribution is 2.54. The molecule has 0 unspecified atom stereocenters. The molecule has 12 heteroatoms. The van der Waals surface area contributed by atoms with Gasteiger partial charge in [-0.15, -0.1) is 0 Å². The molecule has 0 saturated carbocycles. The Kier molecular flexibility index (Phi) is 7.60. The van der Waals surface area contributed by atoms with Crippen LogP contribution in [0.2, 0.25) is 0 Å². The number of nitrogens with zero attached hydrogens (tertiary/aromatic N) is 4. The topological polar surface area (TPSA) is 95.2 Å². The molecule has 0 atom stereocenters. The summed E-state index contributed by atoms with van der Waals surface area (Å²) in [6.07, 6.45) is -9.66. The SMILES string of the molecule is N#CC(C#N)=C1c2cc(-c3cc(F)cc(C(F)(F)F)c3)ccc2-c2cc3c(cc21)C(=C(C#N)C#N)c1cc(-c2cc(F)cc(C(F)(F)F)c2)ccc1-3. The van der Waals surface area contributed by atoms with Crippen molar-refractivity contribution in [3.63, 3.8) is 0 Å². The molecule has 5 aromatic carbocycles. The van der Waals surface area contributed by atoms with Gasteiger partial charge in [0.1, 0.15) is 47.1 Å². The summed E-state index contributed by atoms with van der Waals surface area (Å²) in [6, 6.07) is 23.7. The second-order valence-electron chi connectivity index (χ2n) is 11.9. The highest BCUT2D eigenvalue weighted by molar-refractivity contribution is 6.11. The zero-order valence-corrected chi connectivity index (χ0v) is 25.9. The number of nitriles is 4. The van der Waals surface area contributed by atoms with Crippen molar-refractivity contribution in [2.45, 2.75) is 12.4 Å².